The molecule has 1 unspecified atom stereocenters. The minimum Gasteiger partial charge on any atom is -0.481 e. The number of carboxylic acids is 1. The highest BCUT2D eigenvalue weighted by Crippen LogP contribution is 2.24. The van der Waals surface area contributed by atoms with Gasteiger partial charge in [0.15, 0.2) is 0 Å². The predicted octanol–water partition coefficient (Wildman–Crippen LogP) is 1.49. The molecule has 108 valence electrons. The average Bonchev–Trinajstić information content (AvgIpc) is 2.33. The molecule has 0 spiro atoms. The van der Waals surface area contributed by atoms with Gasteiger partial charge < -0.3 is 10.4 Å². The largest absolute Gasteiger partial charge is 0.481 e. The molecule has 1 atom stereocenters. The summed E-state index contributed by atoms with van der Waals surface area (Å²) < 4.78 is 13.3. The summed E-state index contributed by atoms with van der Waals surface area (Å²) in [4.78, 5) is 32.6. The number of nitro groups is 1. The molecule has 0 saturated heterocycles. The highest BCUT2D eigenvalue weighted by Gasteiger charge is 2.24. The molecule has 1 aromatic carbocycles. The lowest BCUT2D eigenvalue weighted by atomic mass is 10.1. The van der Waals surface area contributed by atoms with Crippen LogP contribution in [0.3, 0.4) is 0 Å². The van der Waals surface area contributed by atoms with Crippen LogP contribution in [0.25, 0.3) is 0 Å². The number of benzene rings is 1. The number of amides is 1. The molecule has 7 nitrogen and oxygen atoms in total. The maximum absolute atomic E-state index is 13.3. The van der Waals surface area contributed by atoms with Crippen molar-refractivity contribution in [3.8, 4) is 0 Å². The summed E-state index contributed by atoms with van der Waals surface area (Å²) in [5.74, 6) is -3.63. The van der Waals surface area contributed by atoms with Crippen molar-refractivity contribution in [2.45, 2.75) is 13.8 Å². The van der Waals surface area contributed by atoms with Crippen LogP contribution in [0.15, 0.2) is 12.1 Å². The third-order valence-corrected chi connectivity index (χ3v) is 2.68. The Kier molecular flexibility index (Phi) is 4.73. The first-order valence-electron chi connectivity index (χ1n) is 5.69. The molecule has 0 heterocycles. The number of hydrogen-bond acceptors (Lipinski definition) is 4. The van der Waals surface area contributed by atoms with Crippen LogP contribution < -0.4 is 5.32 Å². The summed E-state index contributed by atoms with van der Waals surface area (Å²) in [6, 6.07) is 1.71. The van der Waals surface area contributed by atoms with E-state index in [9.17, 15) is 24.1 Å². The van der Waals surface area contributed by atoms with Gasteiger partial charge in [0, 0.05) is 12.1 Å². The van der Waals surface area contributed by atoms with Gasteiger partial charge in [0.05, 0.1) is 10.8 Å². The molecular weight excluding hydrogens is 271 g/mol. The highest BCUT2D eigenvalue weighted by molar-refractivity contribution is 5.98. The molecule has 0 aliphatic rings. The Morgan fingerprint density at radius 2 is 2.10 bits per heavy atom. The van der Waals surface area contributed by atoms with Crippen LogP contribution in [0.5, 0.6) is 0 Å². The van der Waals surface area contributed by atoms with Gasteiger partial charge in [-0.15, -0.1) is 0 Å². The number of nitrogens with one attached hydrogen (secondary N) is 1. The zero-order valence-corrected chi connectivity index (χ0v) is 10.8. The van der Waals surface area contributed by atoms with Gasteiger partial charge in [-0.25, -0.2) is 4.39 Å². The van der Waals surface area contributed by atoms with Crippen molar-refractivity contribution in [1.82, 2.24) is 5.32 Å². The lowest BCUT2D eigenvalue weighted by molar-refractivity contribution is -0.385. The highest BCUT2D eigenvalue weighted by atomic mass is 19.1. The van der Waals surface area contributed by atoms with E-state index < -0.39 is 39.8 Å². The van der Waals surface area contributed by atoms with E-state index in [4.69, 9.17) is 5.11 Å². The van der Waals surface area contributed by atoms with E-state index in [-0.39, 0.29) is 12.1 Å². The van der Waals surface area contributed by atoms with Gasteiger partial charge in [-0.05, 0) is 19.1 Å². The number of rotatable bonds is 5. The minimum absolute atomic E-state index is 0.0198. The maximum Gasteiger partial charge on any atom is 0.308 e. The van der Waals surface area contributed by atoms with Crippen molar-refractivity contribution < 1.29 is 24.0 Å². The Morgan fingerprint density at radius 1 is 1.50 bits per heavy atom. The van der Waals surface area contributed by atoms with Gasteiger partial charge in [-0.2, -0.15) is 0 Å². The number of hydrogen-bond donors (Lipinski definition) is 2. The van der Waals surface area contributed by atoms with Gasteiger partial charge in [-0.3, -0.25) is 19.7 Å². The van der Waals surface area contributed by atoms with Gasteiger partial charge >= 0.3 is 5.97 Å². The first-order chi connectivity index (χ1) is 9.23. The van der Waals surface area contributed by atoms with E-state index in [0.29, 0.717) is 0 Å². The number of aryl methyl sites for hydroxylation is 1. The first kappa shape index (κ1) is 15.5. The molecule has 8 heteroatoms. The quantitative estimate of drug-likeness (QED) is 0.628. The van der Waals surface area contributed by atoms with Crippen LogP contribution >= 0.6 is 0 Å². The second kappa shape index (κ2) is 6.09. The van der Waals surface area contributed by atoms with E-state index >= 15 is 0 Å². The Morgan fingerprint density at radius 3 is 2.60 bits per heavy atom. The second-order valence-electron chi connectivity index (χ2n) is 4.33. The topological polar surface area (TPSA) is 110 Å². The molecule has 0 fully saturated rings. The number of halogens is 1. The molecule has 0 aliphatic heterocycles. The fraction of sp³-hybridized carbons (Fsp3) is 0.333. The second-order valence-corrected chi connectivity index (χ2v) is 4.33. The van der Waals surface area contributed by atoms with Crippen molar-refractivity contribution in [2.75, 3.05) is 6.54 Å². The van der Waals surface area contributed by atoms with E-state index in [1.54, 1.807) is 0 Å². The Bertz CT molecular complexity index is 573. The molecule has 0 radical (unpaired) electrons. The average molecular weight is 284 g/mol. The Balaban J connectivity index is 3.03. The van der Waals surface area contributed by atoms with Gasteiger partial charge in [0.25, 0.3) is 11.6 Å². The zero-order chi connectivity index (χ0) is 15.4. The zero-order valence-electron chi connectivity index (χ0n) is 10.8. The molecule has 2 N–H and O–H groups in total. The lowest BCUT2D eigenvalue weighted by Crippen LogP contribution is -2.32. The lowest BCUT2D eigenvalue weighted by Gasteiger charge is -2.09. The van der Waals surface area contributed by atoms with E-state index in [1.165, 1.54) is 13.8 Å². The Hall–Kier alpha value is -2.51. The standard InChI is InChI=1S/C12H13FN2O5/c1-6-3-8(13)4-9(10(6)15(19)20)11(16)14-5-7(2)12(17)18/h3-4,7H,5H2,1-2H3,(H,14,16)(H,17,18). The summed E-state index contributed by atoms with van der Waals surface area (Å²) in [7, 11) is 0. The number of nitrogens with zero attached hydrogens (tertiary/aromatic N) is 1. The van der Waals surface area contributed by atoms with Crippen LogP contribution in [0.1, 0.15) is 22.8 Å². The number of carboxylic acid groups (broad SMARTS) is 1. The normalized spacial score (nSPS) is 11.8. The smallest absolute Gasteiger partial charge is 0.308 e. The van der Waals surface area contributed by atoms with E-state index in [0.717, 1.165) is 12.1 Å². The van der Waals surface area contributed by atoms with Gasteiger partial charge in [-0.1, -0.05) is 6.92 Å². The third-order valence-electron chi connectivity index (χ3n) is 2.68. The van der Waals surface area contributed by atoms with Crippen LogP contribution in [0.2, 0.25) is 0 Å². The molecule has 1 amide bonds. The number of nitro benzene ring substituents is 1. The fourth-order valence-electron chi connectivity index (χ4n) is 1.58. The van der Waals surface area contributed by atoms with Crippen molar-refractivity contribution in [2.24, 2.45) is 5.92 Å². The molecule has 20 heavy (non-hydrogen) atoms. The summed E-state index contributed by atoms with van der Waals surface area (Å²) in [5.41, 5.74) is -0.900. The van der Waals surface area contributed by atoms with Crippen LogP contribution in [-0.4, -0.2) is 28.5 Å². The maximum atomic E-state index is 13.3. The fourth-order valence-corrected chi connectivity index (χ4v) is 1.58. The van der Waals surface area contributed by atoms with Crippen LogP contribution in [0, 0.1) is 28.8 Å². The molecule has 1 aromatic rings. The number of aliphatic carboxylic acids is 1. The first-order valence-corrected chi connectivity index (χ1v) is 5.69. The van der Waals surface area contributed by atoms with Crippen molar-refractivity contribution in [3.05, 3.63) is 39.2 Å². The van der Waals surface area contributed by atoms with E-state index in [2.05, 4.69) is 5.32 Å². The summed E-state index contributed by atoms with van der Waals surface area (Å²) in [6.45, 7) is 2.48. The van der Waals surface area contributed by atoms with Gasteiger partial charge in [0.1, 0.15) is 11.4 Å². The molecular formula is C12H13FN2O5. The van der Waals surface area contributed by atoms with Crippen LogP contribution in [0.4, 0.5) is 10.1 Å². The van der Waals surface area contributed by atoms with E-state index in [1.807, 2.05) is 0 Å². The van der Waals surface area contributed by atoms with Crippen molar-refractivity contribution in [3.63, 3.8) is 0 Å². The summed E-state index contributed by atoms with van der Waals surface area (Å²) in [6.07, 6.45) is 0. The van der Waals surface area contributed by atoms with Crippen LogP contribution in [-0.2, 0) is 4.79 Å². The van der Waals surface area contributed by atoms with Crippen molar-refractivity contribution >= 4 is 17.6 Å². The SMILES string of the molecule is Cc1cc(F)cc(C(=O)NCC(C)C(=O)O)c1[N+](=O)[O-]. The summed E-state index contributed by atoms with van der Waals surface area (Å²) >= 11 is 0. The number of carbonyl (C=O) groups excluding carboxylic acids is 1. The molecule has 0 saturated carbocycles. The van der Waals surface area contributed by atoms with Crippen molar-refractivity contribution in [1.29, 1.82) is 0 Å². The summed E-state index contributed by atoms with van der Waals surface area (Å²) in [5, 5.41) is 21.8. The van der Waals surface area contributed by atoms with Gasteiger partial charge in [0.2, 0.25) is 0 Å². The monoisotopic (exact) mass is 284 g/mol. The molecule has 1 rings (SSSR count). The molecule has 0 bridgehead atoms. The Labute approximate surface area is 113 Å². The third kappa shape index (κ3) is 3.50. The predicted molar refractivity (Wildman–Crippen MR) is 66.9 cm³/mol. The number of carbonyl (C=O) groups is 2. The minimum atomic E-state index is -1.12. The molecule has 0 aliphatic carbocycles. The molecule has 0 aromatic heterocycles.